The van der Waals surface area contributed by atoms with Crippen molar-refractivity contribution in [3.63, 3.8) is 0 Å². The molecule has 0 spiro atoms. The largest absolute Gasteiger partial charge is 0.437 e. The number of aromatic nitrogens is 2. The molecular weight excluding hydrogens is 502 g/mol. The molecule has 5 rings (SSSR count). The highest BCUT2D eigenvalue weighted by Gasteiger charge is 2.24. The van der Waals surface area contributed by atoms with E-state index in [0.29, 0.717) is 23.9 Å². The zero-order valence-electron chi connectivity index (χ0n) is 22.6. The van der Waals surface area contributed by atoms with E-state index in [1.54, 1.807) is 0 Å². The van der Waals surface area contributed by atoms with Crippen LogP contribution < -0.4 is 10.8 Å². The molecule has 0 unspecified atom stereocenters. The lowest BCUT2D eigenvalue weighted by Gasteiger charge is -2.18. The van der Waals surface area contributed by atoms with Gasteiger partial charge in [0, 0.05) is 17.7 Å². The molecule has 2 aromatic heterocycles. The Morgan fingerprint density at radius 2 is 1.68 bits per heavy atom. The minimum Gasteiger partial charge on any atom is -0.437 e. The summed E-state index contributed by atoms with van der Waals surface area (Å²) in [4.78, 5) is 16.8. The number of aliphatic hydroxyl groups is 1. The molecule has 8 nitrogen and oxygen atoms in total. The minimum absolute atomic E-state index is 0.103. The number of likely N-dealkylation sites (N-methyl/N-ethyl adjacent to an activating group) is 1. The maximum absolute atomic E-state index is 10.2. The van der Waals surface area contributed by atoms with Crippen LogP contribution in [0.5, 0.6) is 0 Å². The molecule has 0 saturated heterocycles. The molecule has 5 aromatic rings. The summed E-state index contributed by atoms with van der Waals surface area (Å²) < 4.78 is 6.37. The number of furan rings is 1. The molecule has 0 radical (unpaired) electrons. The lowest BCUT2D eigenvalue weighted by Crippen LogP contribution is -2.15. The number of nitrogens with zero attached hydrogens (tertiary/aromatic N) is 3. The van der Waals surface area contributed by atoms with Crippen molar-refractivity contribution in [3.8, 4) is 22.5 Å². The average Bonchev–Trinajstić information content (AvgIpc) is 3.39. The van der Waals surface area contributed by atoms with E-state index in [1.165, 1.54) is 6.33 Å². The van der Waals surface area contributed by atoms with Crippen molar-refractivity contribution in [1.29, 1.82) is 0 Å². The van der Waals surface area contributed by atoms with E-state index in [1.807, 2.05) is 105 Å². The molecule has 3 N–H and O–H groups in total. The van der Waals surface area contributed by atoms with Crippen LogP contribution in [0.25, 0.3) is 33.6 Å². The third kappa shape index (κ3) is 6.38. The summed E-state index contributed by atoms with van der Waals surface area (Å²) in [5.41, 5.74) is 7.93. The SMILES string of the molecule is CN(C)C/C=C/CONc1cccc(-c2c(-c3ccccc3)oc3ncnc(N[C@H](CO)c4ccccc4)c23)c1. The van der Waals surface area contributed by atoms with Crippen LogP contribution in [-0.2, 0) is 4.84 Å². The van der Waals surface area contributed by atoms with E-state index in [2.05, 4.69) is 31.7 Å². The van der Waals surface area contributed by atoms with Crippen molar-refractivity contribution in [3.05, 3.63) is 109 Å². The second kappa shape index (κ2) is 13.0. The maximum Gasteiger partial charge on any atom is 0.232 e. The highest BCUT2D eigenvalue weighted by atomic mass is 16.6. The summed E-state index contributed by atoms with van der Waals surface area (Å²) in [6, 6.07) is 27.3. The Morgan fingerprint density at radius 3 is 2.42 bits per heavy atom. The first-order valence-corrected chi connectivity index (χ1v) is 13.2. The van der Waals surface area contributed by atoms with Crippen molar-refractivity contribution in [1.82, 2.24) is 14.9 Å². The van der Waals surface area contributed by atoms with E-state index >= 15 is 0 Å². The van der Waals surface area contributed by atoms with E-state index < -0.39 is 0 Å². The van der Waals surface area contributed by atoms with Gasteiger partial charge in [0.2, 0.25) is 5.71 Å². The van der Waals surface area contributed by atoms with Gasteiger partial charge in [-0.1, -0.05) is 84.9 Å². The first-order valence-electron chi connectivity index (χ1n) is 13.2. The number of fused-ring (bicyclic) bond motifs is 1. The fraction of sp³-hybridized carbons (Fsp3) is 0.188. The molecule has 0 amide bonds. The Hall–Kier alpha value is -4.50. The quantitative estimate of drug-likeness (QED) is 0.0993. The lowest BCUT2D eigenvalue weighted by molar-refractivity contribution is 0.228. The topological polar surface area (TPSA) is 95.7 Å². The Bertz CT molecular complexity index is 1550. The molecule has 2 heterocycles. The monoisotopic (exact) mass is 535 g/mol. The van der Waals surface area contributed by atoms with Gasteiger partial charge in [-0.2, -0.15) is 0 Å². The number of nitrogens with one attached hydrogen (secondary N) is 2. The molecule has 40 heavy (non-hydrogen) atoms. The van der Waals surface area contributed by atoms with Gasteiger partial charge in [-0.05, 0) is 37.4 Å². The van der Waals surface area contributed by atoms with E-state index in [4.69, 9.17) is 9.25 Å². The van der Waals surface area contributed by atoms with Crippen LogP contribution >= 0.6 is 0 Å². The van der Waals surface area contributed by atoms with E-state index in [0.717, 1.165) is 39.9 Å². The van der Waals surface area contributed by atoms with Crippen LogP contribution in [-0.4, -0.2) is 53.8 Å². The van der Waals surface area contributed by atoms with Crippen molar-refractivity contribution >= 4 is 22.6 Å². The zero-order chi connectivity index (χ0) is 27.7. The molecule has 0 aliphatic carbocycles. The number of hydrogen-bond acceptors (Lipinski definition) is 8. The molecule has 0 saturated carbocycles. The molecule has 0 aliphatic heterocycles. The Labute approximate surface area is 233 Å². The summed E-state index contributed by atoms with van der Waals surface area (Å²) in [6.45, 7) is 1.19. The second-order valence-corrected chi connectivity index (χ2v) is 9.59. The van der Waals surface area contributed by atoms with Gasteiger partial charge < -0.3 is 19.7 Å². The van der Waals surface area contributed by atoms with Gasteiger partial charge in [-0.15, -0.1) is 0 Å². The van der Waals surface area contributed by atoms with Crippen LogP contribution in [0.15, 0.2) is 108 Å². The number of rotatable bonds is 12. The van der Waals surface area contributed by atoms with Gasteiger partial charge in [0.25, 0.3) is 0 Å². The van der Waals surface area contributed by atoms with E-state index in [-0.39, 0.29) is 12.6 Å². The predicted molar refractivity (Wildman–Crippen MR) is 160 cm³/mol. The van der Waals surface area contributed by atoms with Crippen LogP contribution in [0.3, 0.4) is 0 Å². The Morgan fingerprint density at radius 1 is 0.925 bits per heavy atom. The average molecular weight is 536 g/mol. The van der Waals surface area contributed by atoms with Gasteiger partial charge >= 0.3 is 0 Å². The van der Waals surface area contributed by atoms with Crippen molar-refractivity contribution in [2.45, 2.75) is 6.04 Å². The van der Waals surface area contributed by atoms with Crippen LogP contribution in [0.1, 0.15) is 11.6 Å². The van der Waals surface area contributed by atoms with Gasteiger partial charge in [0.15, 0.2) is 0 Å². The van der Waals surface area contributed by atoms with Crippen molar-refractivity contribution in [2.24, 2.45) is 0 Å². The number of benzene rings is 3. The molecule has 0 fully saturated rings. The fourth-order valence-electron chi connectivity index (χ4n) is 4.46. The fourth-order valence-corrected chi connectivity index (χ4v) is 4.46. The maximum atomic E-state index is 10.2. The molecule has 3 aromatic carbocycles. The molecule has 0 aliphatic rings. The van der Waals surface area contributed by atoms with Gasteiger partial charge in [-0.3, -0.25) is 10.3 Å². The third-order valence-corrected chi connectivity index (χ3v) is 6.38. The van der Waals surface area contributed by atoms with Crippen molar-refractivity contribution in [2.75, 3.05) is 44.7 Å². The van der Waals surface area contributed by atoms with Crippen LogP contribution in [0.4, 0.5) is 11.5 Å². The zero-order valence-corrected chi connectivity index (χ0v) is 22.6. The minimum atomic E-state index is -0.357. The highest BCUT2D eigenvalue weighted by molar-refractivity contribution is 6.06. The van der Waals surface area contributed by atoms with E-state index in [9.17, 15) is 5.11 Å². The number of anilines is 2. The summed E-state index contributed by atoms with van der Waals surface area (Å²) in [5.74, 6) is 1.26. The second-order valence-electron chi connectivity index (χ2n) is 9.59. The first kappa shape index (κ1) is 27.1. The van der Waals surface area contributed by atoms with Gasteiger partial charge in [0.1, 0.15) is 17.9 Å². The normalized spacial score (nSPS) is 12.3. The lowest BCUT2D eigenvalue weighted by atomic mass is 9.98. The van der Waals surface area contributed by atoms with Crippen LogP contribution in [0, 0.1) is 0 Å². The Kier molecular flexibility index (Phi) is 8.83. The standard InChI is InChI=1S/C32H33N5O3/c1-37(2)18-9-10-19-39-36-26-17-11-16-25(20-26)28-29-31(35-27(21-38)23-12-5-3-6-13-23)33-22-34-32(29)40-30(28)24-14-7-4-8-15-24/h3-17,20,22,27,36,38H,18-19,21H2,1-2H3,(H,33,34,35)/b10-9+/t27-/m1/s1. The summed E-state index contributed by atoms with van der Waals surface area (Å²) in [7, 11) is 4.05. The summed E-state index contributed by atoms with van der Waals surface area (Å²) in [5, 5.41) is 14.4. The van der Waals surface area contributed by atoms with Gasteiger partial charge in [-0.25, -0.2) is 9.97 Å². The van der Waals surface area contributed by atoms with Crippen LogP contribution in [0.2, 0.25) is 0 Å². The third-order valence-electron chi connectivity index (χ3n) is 6.38. The first-order chi connectivity index (χ1) is 19.6. The predicted octanol–water partition coefficient (Wildman–Crippen LogP) is 6.16. The Balaban J connectivity index is 1.54. The number of hydrogen-bond donors (Lipinski definition) is 3. The summed E-state index contributed by atoms with van der Waals surface area (Å²) in [6.07, 6.45) is 5.51. The van der Waals surface area contributed by atoms with Gasteiger partial charge in [0.05, 0.1) is 30.3 Å². The highest BCUT2D eigenvalue weighted by Crippen LogP contribution is 2.43. The number of aliphatic hydroxyl groups excluding tert-OH is 1. The molecule has 0 bridgehead atoms. The molecule has 8 heteroatoms. The summed E-state index contributed by atoms with van der Waals surface area (Å²) >= 11 is 0. The molecule has 204 valence electrons. The molecular formula is C32H33N5O3. The molecule has 1 atom stereocenters. The smallest absolute Gasteiger partial charge is 0.232 e. The van der Waals surface area contributed by atoms with Crippen molar-refractivity contribution < 1.29 is 14.4 Å².